The SMILES string of the molecule is c1ccc(-c2nc(-c3ccccc3)nc(-c3cccc(-c4cccc5oc6ccc(-c7ccc8c(c7)c7cc(-c9cccc(-c%10nc(-c%11ccccc%11)nc(-c%11cccc(-c%12cccc%13oc%14ccc(-c%15ccc%16c(c%15)c%15ccccc%15n%16-c%15nc(-c%16ccccc%16)nc(-c%16ccccc%16)n%15)cc%14c%12%13)c%11)n%10)c9)ccc7n8-c7ccc8c(c7)c7ccccc7n8-c7ccccc7)cc6c45)c3)n2)cc1. The van der Waals surface area contributed by atoms with E-state index in [1.165, 1.54) is 5.39 Å². The van der Waals surface area contributed by atoms with Crippen LogP contribution in [0.15, 0.2) is 458 Å². The zero-order chi connectivity index (χ0) is 90.1. The van der Waals surface area contributed by atoms with Gasteiger partial charge in [-0.2, -0.15) is 9.97 Å². The van der Waals surface area contributed by atoms with Gasteiger partial charge in [-0.05, 0) is 189 Å². The number of furan rings is 2. The van der Waals surface area contributed by atoms with Crippen LogP contribution < -0.4 is 0 Å². The van der Waals surface area contributed by atoms with Gasteiger partial charge in [0.25, 0.3) is 0 Å². The highest BCUT2D eigenvalue weighted by Crippen LogP contribution is 2.47. The van der Waals surface area contributed by atoms with Crippen molar-refractivity contribution in [3.63, 3.8) is 0 Å². The topological polar surface area (TPSA) is 157 Å². The van der Waals surface area contributed by atoms with Gasteiger partial charge in [-0.15, -0.1) is 0 Å². The van der Waals surface area contributed by atoms with E-state index in [1.54, 1.807) is 0 Å². The van der Waals surface area contributed by atoms with Crippen LogP contribution in [0.1, 0.15) is 0 Å². The smallest absolute Gasteiger partial charge is 0.238 e. The Labute approximate surface area is 784 Å². The number of aromatic nitrogens is 12. The predicted molar refractivity (Wildman–Crippen MR) is 555 cm³/mol. The van der Waals surface area contributed by atoms with Gasteiger partial charge in [0.1, 0.15) is 22.3 Å². The molecule has 27 rings (SSSR count). The van der Waals surface area contributed by atoms with Crippen LogP contribution in [0.25, 0.3) is 273 Å². The van der Waals surface area contributed by atoms with E-state index in [9.17, 15) is 0 Å². The summed E-state index contributed by atoms with van der Waals surface area (Å²) in [5.74, 6) is 5.18. The Balaban J connectivity index is 0.556. The van der Waals surface area contributed by atoms with Gasteiger partial charge < -0.3 is 18.0 Å². The van der Waals surface area contributed by atoms with Crippen LogP contribution in [0.3, 0.4) is 0 Å². The van der Waals surface area contributed by atoms with Crippen molar-refractivity contribution in [3.05, 3.63) is 449 Å². The lowest BCUT2D eigenvalue weighted by atomic mass is 9.95. The fraction of sp³-hybridized carbons (Fsp3) is 0. The first-order valence-electron chi connectivity index (χ1n) is 45.9. The summed E-state index contributed by atoms with van der Waals surface area (Å²) < 4.78 is 20.5. The molecule has 137 heavy (non-hydrogen) atoms. The molecule has 14 nitrogen and oxygen atoms in total. The van der Waals surface area contributed by atoms with Gasteiger partial charge in [-0.3, -0.25) is 4.57 Å². The summed E-state index contributed by atoms with van der Waals surface area (Å²) in [7, 11) is 0. The average Bonchev–Trinajstić information content (AvgIpc) is 1.57. The molecule has 0 unspecified atom stereocenters. The number of nitrogens with zero attached hydrogens (tertiary/aromatic N) is 12. The third-order valence-corrected chi connectivity index (χ3v) is 26.6. The van der Waals surface area contributed by atoms with Crippen molar-refractivity contribution in [1.29, 1.82) is 0 Å². The lowest BCUT2D eigenvalue weighted by Gasteiger charge is -2.12. The van der Waals surface area contributed by atoms with Crippen molar-refractivity contribution in [2.45, 2.75) is 0 Å². The molecule has 638 valence electrons. The molecule has 14 heteroatoms. The second-order valence-electron chi connectivity index (χ2n) is 34.7. The molecule has 0 saturated heterocycles. The van der Waals surface area contributed by atoms with Gasteiger partial charge in [-0.25, -0.2) is 34.9 Å². The van der Waals surface area contributed by atoms with E-state index >= 15 is 0 Å². The largest absolute Gasteiger partial charge is 0.456 e. The Hall–Kier alpha value is -18.8. The first-order valence-corrected chi connectivity index (χ1v) is 45.9. The van der Waals surface area contributed by atoms with Crippen molar-refractivity contribution in [2.24, 2.45) is 0 Å². The normalized spacial score (nSPS) is 11.8. The molecule has 8 heterocycles. The number of para-hydroxylation sites is 3. The molecule has 0 aliphatic heterocycles. The van der Waals surface area contributed by atoms with Crippen LogP contribution in [0.2, 0.25) is 0 Å². The van der Waals surface area contributed by atoms with E-state index < -0.39 is 0 Å². The Morgan fingerprint density at radius 3 is 0.832 bits per heavy atom. The molecule has 0 aliphatic carbocycles. The lowest BCUT2D eigenvalue weighted by molar-refractivity contribution is 0.668. The number of benzene rings is 19. The summed E-state index contributed by atoms with van der Waals surface area (Å²) in [6.07, 6.45) is 0. The quantitative estimate of drug-likeness (QED) is 0.0907. The molecule has 19 aromatic carbocycles. The average molecular weight is 1750 g/mol. The summed E-state index contributed by atoms with van der Waals surface area (Å²) in [4.78, 5) is 46.8. The molecule has 0 saturated carbocycles. The van der Waals surface area contributed by atoms with Crippen LogP contribution in [-0.2, 0) is 0 Å². The van der Waals surface area contributed by atoms with Gasteiger partial charge in [0.05, 0.1) is 33.1 Å². The summed E-state index contributed by atoms with van der Waals surface area (Å²) in [6.45, 7) is 0. The second kappa shape index (κ2) is 32.1. The standard InChI is InChI=1S/C123H74N12O2/c1-7-28-75(29-8-1)115-124-116(76-30-9-2-10-31-76)126-121(125-115)89-42-24-39-86(67-89)93-48-26-53-112-114(93)102-73-85(58-65-110(102)137-112)83-55-61-106-99(71-83)98-70-81(54-60-105(98)134(106)92-59-63-107-100(74-92)96-47-19-21-50-103(96)133(107)91-44-17-6-18-45-91)80-38-23-41-88(66-80)120-127-117(77-32-11-3-12-33-77)128-122(130-120)90-43-25-40-87(68-90)94-49-27-52-111-113(94)101-72-84(57-64-109(101)136-111)82-56-62-108-97(69-82)95-46-20-22-51-104(95)135(108)123-131-118(78-34-13-4-14-35-78)129-119(132-123)79-36-15-5-16-37-79/h1-74H. The monoisotopic (exact) mass is 1750 g/mol. The molecule has 8 aromatic heterocycles. The third-order valence-electron chi connectivity index (χ3n) is 26.6. The van der Waals surface area contributed by atoms with Crippen LogP contribution in [-0.4, -0.2) is 58.6 Å². The van der Waals surface area contributed by atoms with Gasteiger partial charge in [-0.1, -0.05) is 315 Å². The van der Waals surface area contributed by atoms with E-state index in [1.807, 2.05) is 140 Å². The van der Waals surface area contributed by atoms with E-state index in [0.717, 1.165) is 215 Å². The molecule has 0 radical (unpaired) electrons. The third kappa shape index (κ3) is 13.5. The summed E-state index contributed by atoms with van der Waals surface area (Å²) >= 11 is 0. The Morgan fingerprint density at radius 2 is 0.416 bits per heavy atom. The van der Waals surface area contributed by atoms with E-state index in [-0.39, 0.29) is 0 Å². The van der Waals surface area contributed by atoms with Crippen molar-refractivity contribution >= 4 is 109 Å². The molecule has 0 atom stereocenters. The first kappa shape index (κ1) is 78.1. The maximum absolute atomic E-state index is 6.79. The van der Waals surface area contributed by atoms with Gasteiger partial charge in [0.15, 0.2) is 46.6 Å². The highest BCUT2D eigenvalue weighted by molar-refractivity contribution is 6.18. The van der Waals surface area contributed by atoms with Crippen molar-refractivity contribution < 1.29 is 8.83 Å². The predicted octanol–water partition coefficient (Wildman–Crippen LogP) is 31.0. The lowest BCUT2D eigenvalue weighted by Crippen LogP contribution is -2.06. The van der Waals surface area contributed by atoms with Crippen molar-refractivity contribution in [3.8, 4) is 164 Å². The van der Waals surface area contributed by atoms with E-state index in [4.69, 9.17) is 53.7 Å². The van der Waals surface area contributed by atoms with Crippen LogP contribution in [0.5, 0.6) is 0 Å². The zero-order valence-electron chi connectivity index (χ0n) is 73.4. The van der Waals surface area contributed by atoms with Gasteiger partial charge >= 0.3 is 0 Å². The Bertz CT molecular complexity index is 9430. The van der Waals surface area contributed by atoms with Crippen LogP contribution >= 0.6 is 0 Å². The summed E-state index contributed by atoms with van der Waals surface area (Å²) in [5.41, 5.74) is 29.1. The first-order chi connectivity index (χ1) is 67.8. The molecule has 27 aromatic rings. The molecule has 0 amide bonds. The molecule has 0 fully saturated rings. The van der Waals surface area contributed by atoms with Crippen molar-refractivity contribution in [2.75, 3.05) is 0 Å². The summed E-state index contributed by atoms with van der Waals surface area (Å²) in [6, 6.07) is 157. The molecule has 0 aliphatic rings. The Kier molecular flexibility index (Phi) is 18.3. The number of fused-ring (bicyclic) bond motifs is 15. The molecular weight excluding hydrogens is 1680 g/mol. The molecule has 0 N–H and O–H groups in total. The fourth-order valence-corrected chi connectivity index (χ4v) is 20.2. The summed E-state index contributed by atoms with van der Waals surface area (Å²) in [5, 5.41) is 10.7. The molecule has 0 spiro atoms. The second-order valence-corrected chi connectivity index (χ2v) is 34.7. The van der Waals surface area contributed by atoms with Crippen molar-refractivity contribution in [1.82, 2.24) is 58.6 Å². The number of hydrogen-bond donors (Lipinski definition) is 0. The van der Waals surface area contributed by atoms with Gasteiger partial charge in [0, 0.05) is 110 Å². The minimum absolute atomic E-state index is 0.540. The maximum Gasteiger partial charge on any atom is 0.238 e. The highest BCUT2D eigenvalue weighted by Gasteiger charge is 2.26. The molecular formula is C123H74N12O2. The van der Waals surface area contributed by atoms with Gasteiger partial charge in [0.2, 0.25) is 5.95 Å². The zero-order valence-corrected chi connectivity index (χ0v) is 73.4. The molecule has 0 bridgehead atoms. The number of hydrogen-bond acceptors (Lipinski definition) is 11. The van der Waals surface area contributed by atoms with Crippen LogP contribution in [0, 0.1) is 0 Å². The minimum Gasteiger partial charge on any atom is -0.456 e. The Morgan fingerprint density at radius 1 is 0.146 bits per heavy atom. The minimum atomic E-state index is 0.540. The fourth-order valence-electron chi connectivity index (χ4n) is 20.2. The highest BCUT2D eigenvalue weighted by atomic mass is 16.3. The van der Waals surface area contributed by atoms with E-state index in [2.05, 4.69) is 323 Å². The maximum atomic E-state index is 6.79. The van der Waals surface area contributed by atoms with E-state index in [0.29, 0.717) is 52.5 Å². The number of rotatable bonds is 16. The van der Waals surface area contributed by atoms with Crippen LogP contribution in [0.4, 0.5) is 0 Å².